The predicted molar refractivity (Wildman–Crippen MR) is 274 cm³/mol. The number of hydrogen-bond acceptors (Lipinski definition) is 14. The highest BCUT2D eigenvalue weighted by atomic mass is 32.2. The molecule has 72 heavy (non-hydrogen) atoms. The van der Waals surface area contributed by atoms with E-state index in [0.717, 1.165) is 52.3 Å². The lowest BCUT2D eigenvalue weighted by Crippen LogP contribution is -2.36. The molecule has 2 atom stereocenters. The summed E-state index contributed by atoms with van der Waals surface area (Å²) in [6.07, 6.45) is 2.20. The van der Waals surface area contributed by atoms with Gasteiger partial charge in [-0.1, -0.05) is 61.2 Å². The van der Waals surface area contributed by atoms with E-state index >= 15 is 0 Å². The zero-order valence-electron chi connectivity index (χ0n) is 41.0. The number of allylic oxidation sites excluding steroid dienone is 1. The standard InChI is InChI=1S/C54H68N6O11S/c1-39-32-41-8-3-5-15-48(41)60(35-42-9-2-4-12-45(39)42)52(62)17-16-51(61)55-18-23-67-30-31-72-38-40-33-49-50(34-40)71-27-22-59(37-44-11-7-14-47(57-44)54(65)66)20-25-69-29-28-68-24-19-58(21-26-70-49)36-43-10-6-13-46(56-43)53(63)64/h2-15,40,49-50H,1,16-38H2,(H,55,61)(H,63,64)(H,65,66). The van der Waals surface area contributed by atoms with Gasteiger partial charge in [-0.15, -0.1) is 0 Å². The van der Waals surface area contributed by atoms with Crippen molar-refractivity contribution in [2.75, 3.05) is 102 Å². The molecule has 4 aromatic rings. The minimum absolute atomic E-state index is 0.000433. The molecule has 0 bridgehead atoms. The van der Waals surface area contributed by atoms with Crippen molar-refractivity contribution in [3.63, 3.8) is 0 Å². The van der Waals surface area contributed by atoms with Gasteiger partial charge < -0.3 is 44.1 Å². The number of nitrogens with one attached hydrogen (secondary N) is 1. The summed E-state index contributed by atoms with van der Waals surface area (Å²) < 4.78 is 31.0. The molecule has 2 fully saturated rings. The number of nitrogens with zero attached hydrogens (tertiary/aromatic N) is 5. The van der Waals surface area contributed by atoms with Gasteiger partial charge >= 0.3 is 11.9 Å². The Morgan fingerprint density at radius 3 is 1.90 bits per heavy atom. The molecule has 2 unspecified atom stereocenters. The molecule has 2 aliphatic heterocycles. The van der Waals surface area contributed by atoms with Crippen LogP contribution in [0.15, 0.2) is 91.5 Å². The molecule has 2 aromatic carbocycles. The van der Waals surface area contributed by atoms with Crippen LogP contribution >= 0.6 is 11.8 Å². The first-order chi connectivity index (χ1) is 35.1. The van der Waals surface area contributed by atoms with Crippen LogP contribution in [0.2, 0.25) is 0 Å². The summed E-state index contributed by atoms with van der Waals surface area (Å²) in [4.78, 5) is 64.5. The van der Waals surface area contributed by atoms with Crippen molar-refractivity contribution in [1.29, 1.82) is 0 Å². The normalized spacial score (nSPS) is 19.9. The molecule has 4 heterocycles. The third kappa shape index (κ3) is 17.0. The third-order valence-corrected chi connectivity index (χ3v) is 14.1. The number of benzene rings is 2. The average molecular weight is 1010 g/mol. The number of pyridine rings is 2. The fourth-order valence-corrected chi connectivity index (χ4v) is 10.2. The number of aromatic carboxylic acids is 2. The van der Waals surface area contributed by atoms with Crippen molar-refractivity contribution >= 4 is 46.8 Å². The lowest BCUT2D eigenvalue weighted by Gasteiger charge is -2.29. The molecule has 2 amide bonds. The van der Waals surface area contributed by atoms with Gasteiger partial charge in [0.15, 0.2) is 0 Å². The van der Waals surface area contributed by atoms with Crippen LogP contribution in [0.5, 0.6) is 0 Å². The summed E-state index contributed by atoms with van der Waals surface area (Å²) in [6, 6.07) is 26.0. The van der Waals surface area contributed by atoms with Crippen molar-refractivity contribution in [2.45, 2.75) is 63.9 Å². The Kier molecular flexibility index (Phi) is 21.5. The van der Waals surface area contributed by atoms with Gasteiger partial charge in [-0.3, -0.25) is 19.4 Å². The van der Waals surface area contributed by atoms with Crippen LogP contribution in [0.3, 0.4) is 0 Å². The molecular weight excluding hydrogens is 941 g/mol. The van der Waals surface area contributed by atoms with E-state index in [1.807, 2.05) is 72.4 Å². The topological polar surface area (TPSA) is 202 Å². The van der Waals surface area contributed by atoms with Gasteiger partial charge in [0, 0.05) is 70.1 Å². The number of carbonyl (C=O) groups excluding carboxylic acids is 2. The van der Waals surface area contributed by atoms with Gasteiger partial charge in [-0.2, -0.15) is 11.8 Å². The fourth-order valence-electron chi connectivity index (χ4n) is 9.20. The minimum Gasteiger partial charge on any atom is -0.477 e. The molecule has 7 rings (SSSR count). The second-order valence-corrected chi connectivity index (χ2v) is 19.3. The molecule has 0 radical (unpaired) electrons. The van der Waals surface area contributed by atoms with Gasteiger partial charge in [0.05, 0.1) is 83.0 Å². The van der Waals surface area contributed by atoms with Crippen LogP contribution in [0.25, 0.3) is 5.57 Å². The molecule has 0 spiro atoms. The first-order valence-corrected chi connectivity index (χ1v) is 26.0. The number of para-hydroxylation sites is 1. The number of aromatic nitrogens is 2. The molecule has 1 saturated carbocycles. The largest absolute Gasteiger partial charge is 0.477 e. The summed E-state index contributed by atoms with van der Waals surface area (Å²) in [5.41, 5.74) is 6.29. The zero-order chi connectivity index (χ0) is 50.5. The minimum atomic E-state index is -1.07. The van der Waals surface area contributed by atoms with Crippen molar-refractivity contribution in [3.05, 3.63) is 131 Å². The van der Waals surface area contributed by atoms with E-state index in [1.165, 1.54) is 12.1 Å². The number of fused-ring (bicyclic) bond motifs is 3. The van der Waals surface area contributed by atoms with Crippen LogP contribution in [0.4, 0.5) is 5.69 Å². The van der Waals surface area contributed by atoms with E-state index < -0.39 is 11.9 Å². The maximum atomic E-state index is 13.6. The van der Waals surface area contributed by atoms with Gasteiger partial charge in [0.1, 0.15) is 11.4 Å². The summed E-state index contributed by atoms with van der Waals surface area (Å²) >= 11 is 1.82. The number of amides is 2. The van der Waals surface area contributed by atoms with Crippen LogP contribution < -0.4 is 10.2 Å². The lowest BCUT2D eigenvalue weighted by molar-refractivity contribution is -0.125. The first-order valence-electron chi connectivity index (χ1n) is 24.9. The maximum Gasteiger partial charge on any atom is 0.354 e. The molecule has 1 aliphatic carbocycles. The Bertz CT molecular complexity index is 2340. The zero-order valence-corrected chi connectivity index (χ0v) is 41.8. The molecule has 17 nitrogen and oxygen atoms in total. The maximum absolute atomic E-state index is 13.6. The third-order valence-electron chi connectivity index (χ3n) is 12.9. The Labute approximate surface area is 426 Å². The van der Waals surface area contributed by atoms with Crippen LogP contribution in [-0.2, 0) is 59.3 Å². The van der Waals surface area contributed by atoms with Crippen molar-refractivity contribution in [2.24, 2.45) is 5.92 Å². The van der Waals surface area contributed by atoms with E-state index in [9.17, 15) is 29.4 Å². The van der Waals surface area contributed by atoms with Crippen molar-refractivity contribution in [1.82, 2.24) is 25.1 Å². The van der Waals surface area contributed by atoms with Crippen molar-refractivity contribution in [3.8, 4) is 0 Å². The van der Waals surface area contributed by atoms with E-state index in [-0.39, 0.29) is 48.3 Å². The highest BCUT2D eigenvalue weighted by molar-refractivity contribution is 7.99. The molecule has 18 heteroatoms. The first kappa shape index (κ1) is 54.2. The number of anilines is 1. The molecular formula is C54H68N6O11S. The van der Waals surface area contributed by atoms with Gasteiger partial charge in [-0.05, 0) is 83.5 Å². The average Bonchev–Trinajstić information content (AvgIpc) is 3.76. The van der Waals surface area contributed by atoms with E-state index in [1.54, 1.807) is 17.0 Å². The number of ether oxygens (including phenoxy) is 5. The Morgan fingerprint density at radius 1 is 0.694 bits per heavy atom. The Balaban J connectivity index is 0.859. The number of thioether (sulfide) groups is 1. The number of carboxylic acids is 2. The van der Waals surface area contributed by atoms with E-state index in [2.05, 4.69) is 31.7 Å². The highest BCUT2D eigenvalue weighted by Gasteiger charge is 2.36. The molecule has 1 saturated heterocycles. The molecule has 386 valence electrons. The monoisotopic (exact) mass is 1010 g/mol. The summed E-state index contributed by atoms with van der Waals surface area (Å²) in [5, 5.41) is 21.9. The Hall–Kier alpha value is -5.57. The number of rotatable bonds is 17. The van der Waals surface area contributed by atoms with Gasteiger partial charge in [-0.25, -0.2) is 19.6 Å². The van der Waals surface area contributed by atoms with Gasteiger partial charge in [0.2, 0.25) is 11.8 Å². The quantitative estimate of drug-likeness (QED) is 0.106. The summed E-state index contributed by atoms with van der Waals surface area (Å²) in [7, 11) is 0. The fraction of sp³-hybridized carbons (Fsp3) is 0.481. The van der Waals surface area contributed by atoms with E-state index in [0.29, 0.717) is 129 Å². The molecule has 2 aromatic heterocycles. The lowest BCUT2D eigenvalue weighted by atomic mass is 9.92. The summed E-state index contributed by atoms with van der Waals surface area (Å²) in [6.45, 7) is 11.7. The molecule has 3 aliphatic rings. The second kappa shape index (κ2) is 28.6. The van der Waals surface area contributed by atoms with Gasteiger partial charge in [0.25, 0.3) is 0 Å². The van der Waals surface area contributed by atoms with Crippen LogP contribution in [0.1, 0.15) is 74.7 Å². The number of hydrogen-bond donors (Lipinski definition) is 3. The predicted octanol–water partition coefficient (Wildman–Crippen LogP) is 5.85. The smallest absolute Gasteiger partial charge is 0.354 e. The highest BCUT2D eigenvalue weighted by Crippen LogP contribution is 2.34. The SMILES string of the molecule is C=C1Cc2ccccc2N(C(=O)CCC(=O)NCCOCCSCC2CC3OCCN(Cc4cccc(C(=O)O)n4)CCOCCOCCN(Cc4cccc(C(=O)O)n4)CCOC3C2)Cc2ccccc21. The molecule has 3 N–H and O–H groups in total. The van der Waals surface area contributed by atoms with Crippen LogP contribution in [0, 0.1) is 5.92 Å². The van der Waals surface area contributed by atoms with Crippen LogP contribution in [-0.4, -0.2) is 163 Å². The van der Waals surface area contributed by atoms with E-state index in [4.69, 9.17) is 23.7 Å². The summed E-state index contributed by atoms with van der Waals surface area (Å²) in [5.74, 6) is -0.403. The number of carbonyl (C=O) groups is 4. The number of carboxylic acid groups (broad SMARTS) is 2. The Morgan fingerprint density at radius 2 is 1.28 bits per heavy atom. The second-order valence-electron chi connectivity index (χ2n) is 18.2. The van der Waals surface area contributed by atoms with Crippen molar-refractivity contribution < 1.29 is 53.1 Å².